The van der Waals surface area contributed by atoms with Crippen molar-refractivity contribution < 1.29 is 19.1 Å². The molecule has 0 saturated carbocycles. The summed E-state index contributed by atoms with van der Waals surface area (Å²) >= 11 is 11.0. The van der Waals surface area contributed by atoms with E-state index < -0.39 is 11.8 Å². The summed E-state index contributed by atoms with van der Waals surface area (Å²) in [5, 5.41) is 2.71. The van der Waals surface area contributed by atoms with Gasteiger partial charge in [-0.25, -0.2) is 0 Å². The number of benzene rings is 2. The lowest BCUT2D eigenvalue weighted by Gasteiger charge is -2.13. The molecule has 2 aromatic carbocycles. The van der Waals surface area contributed by atoms with Crippen LogP contribution >= 0.6 is 23.8 Å². The third kappa shape index (κ3) is 6.49. The third-order valence-corrected chi connectivity index (χ3v) is 3.99. The predicted molar refractivity (Wildman–Crippen MR) is 111 cm³/mol. The number of amides is 2. The van der Waals surface area contributed by atoms with Crippen LogP contribution in [0.1, 0.15) is 27.6 Å². The van der Waals surface area contributed by atoms with Gasteiger partial charge in [-0.15, -0.1) is 0 Å². The lowest BCUT2D eigenvalue weighted by Crippen LogP contribution is -2.48. The zero-order valence-electron chi connectivity index (χ0n) is 15.2. The van der Waals surface area contributed by atoms with Gasteiger partial charge in [0.05, 0.1) is 22.8 Å². The molecule has 28 heavy (non-hydrogen) atoms. The monoisotopic (exact) mass is 421 g/mol. The number of ether oxygens (including phenoxy) is 2. The van der Waals surface area contributed by atoms with Gasteiger partial charge in [0.1, 0.15) is 12.4 Å². The van der Waals surface area contributed by atoms with Crippen molar-refractivity contribution in [1.29, 1.82) is 0 Å². The first kappa shape index (κ1) is 21.6. The van der Waals surface area contributed by atoms with Gasteiger partial charge < -0.3 is 9.47 Å². The SMILES string of the molecule is CCOCCOc1ccccc1C(=O)NC(=S)NNC(=O)c1ccccc1Cl. The fourth-order valence-corrected chi connectivity index (χ4v) is 2.53. The molecule has 0 aliphatic heterocycles. The Morgan fingerprint density at radius 1 is 0.964 bits per heavy atom. The van der Waals surface area contributed by atoms with Crippen LogP contribution in [0.15, 0.2) is 48.5 Å². The summed E-state index contributed by atoms with van der Waals surface area (Å²) in [7, 11) is 0. The number of nitrogens with one attached hydrogen (secondary N) is 3. The molecule has 3 N–H and O–H groups in total. The number of thiocarbonyl (C=S) groups is 1. The van der Waals surface area contributed by atoms with E-state index >= 15 is 0 Å². The second-order valence-electron chi connectivity index (χ2n) is 5.38. The fraction of sp³-hybridized carbons (Fsp3) is 0.211. The topological polar surface area (TPSA) is 88.7 Å². The van der Waals surface area contributed by atoms with Crippen LogP contribution in [-0.4, -0.2) is 36.7 Å². The predicted octanol–water partition coefficient (Wildman–Crippen LogP) is 2.70. The molecular formula is C19H20ClN3O4S. The Hall–Kier alpha value is -2.68. The Balaban J connectivity index is 1.89. The maximum absolute atomic E-state index is 12.4. The summed E-state index contributed by atoms with van der Waals surface area (Å²) < 4.78 is 10.8. The average Bonchev–Trinajstić information content (AvgIpc) is 2.70. The molecule has 2 aromatic rings. The van der Waals surface area contributed by atoms with Crippen LogP contribution in [-0.2, 0) is 4.74 Å². The second-order valence-corrected chi connectivity index (χ2v) is 6.20. The number of para-hydroxylation sites is 1. The number of rotatable bonds is 7. The van der Waals surface area contributed by atoms with Gasteiger partial charge in [0.2, 0.25) is 0 Å². The summed E-state index contributed by atoms with van der Waals surface area (Å²) in [4.78, 5) is 24.5. The van der Waals surface area contributed by atoms with E-state index in [0.29, 0.717) is 36.2 Å². The number of hydrogen-bond acceptors (Lipinski definition) is 5. The molecule has 0 atom stereocenters. The number of halogens is 1. The van der Waals surface area contributed by atoms with E-state index in [4.69, 9.17) is 33.3 Å². The highest BCUT2D eigenvalue weighted by Gasteiger charge is 2.14. The first-order chi connectivity index (χ1) is 13.5. The zero-order chi connectivity index (χ0) is 20.4. The summed E-state index contributed by atoms with van der Waals surface area (Å²) in [6.45, 7) is 3.21. The van der Waals surface area contributed by atoms with Gasteiger partial charge in [-0.3, -0.25) is 25.8 Å². The second kappa shape index (κ2) is 11.2. The highest BCUT2D eigenvalue weighted by atomic mass is 35.5. The lowest BCUT2D eigenvalue weighted by molar-refractivity contribution is 0.0931. The van der Waals surface area contributed by atoms with Crippen LogP contribution in [0.2, 0.25) is 5.02 Å². The molecule has 0 bridgehead atoms. The van der Waals surface area contributed by atoms with Crippen LogP contribution < -0.4 is 20.9 Å². The van der Waals surface area contributed by atoms with Crippen molar-refractivity contribution in [3.63, 3.8) is 0 Å². The van der Waals surface area contributed by atoms with Gasteiger partial charge in [0, 0.05) is 6.61 Å². The van der Waals surface area contributed by atoms with E-state index in [1.54, 1.807) is 48.5 Å². The molecule has 7 nitrogen and oxygen atoms in total. The van der Waals surface area contributed by atoms with Gasteiger partial charge in [0.15, 0.2) is 5.11 Å². The summed E-state index contributed by atoms with van der Waals surface area (Å²) in [5.41, 5.74) is 5.43. The van der Waals surface area contributed by atoms with E-state index in [2.05, 4.69) is 16.2 Å². The van der Waals surface area contributed by atoms with Crippen molar-refractivity contribution in [2.45, 2.75) is 6.92 Å². The maximum atomic E-state index is 12.4. The van der Waals surface area contributed by atoms with Gasteiger partial charge in [0.25, 0.3) is 11.8 Å². The summed E-state index contributed by atoms with van der Waals surface area (Å²) in [5.74, 6) is -0.555. The van der Waals surface area contributed by atoms with Gasteiger partial charge in [-0.05, 0) is 43.4 Å². The van der Waals surface area contributed by atoms with E-state index in [0.717, 1.165) is 0 Å². The van der Waals surface area contributed by atoms with Crippen molar-refractivity contribution in [2.75, 3.05) is 19.8 Å². The highest BCUT2D eigenvalue weighted by molar-refractivity contribution is 7.80. The lowest BCUT2D eigenvalue weighted by atomic mass is 10.2. The number of carbonyl (C=O) groups excluding carboxylic acids is 2. The van der Waals surface area contributed by atoms with Crippen LogP contribution in [0.5, 0.6) is 5.75 Å². The maximum Gasteiger partial charge on any atom is 0.271 e. The Bertz CT molecular complexity index is 847. The molecule has 148 valence electrons. The molecule has 0 aliphatic rings. The average molecular weight is 422 g/mol. The van der Waals surface area contributed by atoms with Gasteiger partial charge in [-0.2, -0.15) is 0 Å². The molecule has 0 aliphatic carbocycles. The Morgan fingerprint density at radius 3 is 2.36 bits per heavy atom. The van der Waals surface area contributed by atoms with E-state index in [9.17, 15) is 9.59 Å². The molecular weight excluding hydrogens is 402 g/mol. The van der Waals surface area contributed by atoms with E-state index in [1.165, 1.54) is 0 Å². The van der Waals surface area contributed by atoms with E-state index in [-0.39, 0.29) is 10.7 Å². The smallest absolute Gasteiger partial charge is 0.271 e. The molecule has 0 radical (unpaired) electrons. The first-order valence-electron chi connectivity index (χ1n) is 8.48. The molecule has 0 saturated heterocycles. The summed E-state index contributed by atoms with van der Waals surface area (Å²) in [6, 6.07) is 13.3. The van der Waals surface area contributed by atoms with Gasteiger partial charge in [-0.1, -0.05) is 35.9 Å². The standard InChI is InChI=1S/C19H20ClN3O4S/c1-2-26-11-12-27-16-10-6-4-8-14(16)17(24)21-19(28)23-22-18(25)13-7-3-5-9-15(13)20/h3-10H,2,11-12H2,1H3,(H,22,25)(H2,21,23,24,28). The molecule has 0 fully saturated rings. The van der Waals surface area contributed by atoms with E-state index in [1.807, 2.05) is 6.92 Å². The van der Waals surface area contributed by atoms with Gasteiger partial charge >= 0.3 is 0 Å². The zero-order valence-corrected chi connectivity index (χ0v) is 16.7. The van der Waals surface area contributed by atoms with Crippen LogP contribution in [0.25, 0.3) is 0 Å². The van der Waals surface area contributed by atoms with Crippen molar-refractivity contribution in [1.82, 2.24) is 16.2 Å². The number of carbonyl (C=O) groups is 2. The van der Waals surface area contributed by atoms with Crippen molar-refractivity contribution in [3.05, 3.63) is 64.7 Å². The van der Waals surface area contributed by atoms with Crippen LogP contribution in [0, 0.1) is 0 Å². The molecule has 9 heteroatoms. The molecule has 2 amide bonds. The van der Waals surface area contributed by atoms with Crippen molar-refractivity contribution >= 4 is 40.7 Å². The quantitative estimate of drug-likeness (QED) is 0.362. The van der Waals surface area contributed by atoms with Crippen molar-refractivity contribution in [2.24, 2.45) is 0 Å². The molecule has 0 aromatic heterocycles. The van der Waals surface area contributed by atoms with Crippen molar-refractivity contribution in [3.8, 4) is 5.75 Å². The largest absolute Gasteiger partial charge is 0.490 e. The minimum atomic E-state index is -0.484. The molecule has 2 rings (SSSR count). The fourth-order valence-electron chi connectivity index (χ4n) is 2.16. The summed E-state index contributed by atoms with van der Waals surface area (Å²) in [6.07, 6.45) is 0. The Labute approximate surface area is 173 Å². The Morgan fingerprint density at radius 2 is 1.64 bits per heavy atom. The molecule has 0 unspecified atom stereocenters. The number of hydrazine groups is 1. The molecule has 0 spiro atoms. The highest BCUT2D eigenvalue weighted by Crippen LogP contribution is 2.17. The normalized spacial score (nSPS) is 10.1. The Kier molecular flexibility index (Phi) is 8.67. The number of hydrogen-bond donors (Lipinski definition) is 3. The first-order valence-corrected chi connectivity index (χ1v) is 9.27. The van der Waals surface area contributed by atoms with Crippen LogP contribution in [0.4, 0.5) is 0 Å². The molecule has 0 heterocycles. The van der Waals surface area contributed by atoms with Crippen LogP contribution in [0.3, 0.4) is 0 Å². The minimum Gasteiger partial charge on any atom is -0.490 e. The minimum absolute atomic E-state index is 0.0745. The third-order valence-electron chi connectivity index (χ3n) is 3.46.